The average Bonchev–Trinajstić information content (AvgIpc) is 3.61. The van der Waals surface area contributed by atoms with E-state index in [1.807, 2.05) is 17.8 Å². The van der Waals surface area contributed by atoms with Crippen LogP contribution in [0.4, 0.5) is 0 Å². The third-order valence-corrected chi connectivity index (χ3v) is 13.9. The zero-order valence-corrected chi connectivity index (χ0v) is 33.1. The Balaban J connectivity index is 0.988. The molecule has 3 nitrogen and oxygen atoms in total. The van der Waals surface area contributed by atoms with Gasteiger partial charge in [0.15, 0.2) is 0 Å². The van der Waals surface area contributed by atoms with Gasteiger partial charge in [-0.2, -0.15) is 0 Å². The molecule has 60 heavy (non-hydrogen) atoms. The zero-order chi connectivity index (χ0) is 39.4. The number of aromatic nitrogens is 3. The summed E-state index contributed by atoms with van der Waals surface area (Å²) in [4.78, 5) is 18.4. The van der Waals surface area contributed by atoms with Crippen LogP contribution in [0.15, 0.2) is 210 Å². The van der Waals surface area contributed by atoms with Crippen molar-refractivity contribution in [1.29, 1.82) is 0 Å². The van der Waals surface area contributed by atoms with E-state index in [1.54, 1.807) is 0 Å². The molecule has 0 unspecified atom stereocenters. The molecule has 4 heteroatoms. The Morgan fingerprint density at radius 1 is 0.367 bits per heavy atom. The number of nitrogens with zero attached hydrogens (tertiary/aromatic N) is 3. The van der Waals surface area contributed by atoms with Gasteiger partial charge >= 0.3 is 0 Å². The second-order valence-electron chi connectivity index (χ2n) is 15.8. The number of hydrogen-bond acceptors (Lipinski definition) is 4. The predicted octanol–water partition coefficient (Wildman–Crippen LogP) is 14.3. The van der Waals surface area contributed by atoms with E-state index >= 15 is 0 Å². The van der Waals surface area contributed by atoms with Gasteiger partial charge in [0.1, 0.15) is 0 Å². The highest BCUT2D eigenvalue weighted by atomic mass is 32.2. The van der Waals surface area contributed by atoms with Crippen molar-refractivity contribution >= 4 is 55.2 Å². The van der Waals surface area contributed by atoms with Gasteiger partial charge < -0.3 is 0 Å². The van der Waals surface area contributed by atoms with Gasteiger partial charge in [-0.05, 0) is 57.6 Å². The molecule has 2 aliphatic rings. The van der Waals surface area contributed by atoms with Gasteiger partial charge in [0.2, 0.25) is 0 Å². The van der Waals surface area contributed by atoms with Crippen molar-refractivity contribution in [2.45, 2.75) is 15.2 Å². The molecule has 0 saturated heterocycles. The minimum absolute atomic E-state index is 0.443. The molecule has 0 amide bonds. The lowest BCUT2D eigenvalue weighted by molar-refractivity contribution is 0.726. The van der Waals surface area contributed by atoms with Gasteiger partial charge in [-0.15, -0.1) is 0 Å². The van der Waals surface area contributed by atoms with Crippen LogP contribution in [-0.4, -0.2) is 15.0 Å². The molecule has 1 aliphatic carbocycles. The van der Waals surface area contributed by atoms with Crippen LogP contribution in [-0.2, 0) is 5.41 Å². The minimum atomic E-state index is -0.443. The number of hydrogen-bond donors (Lipinski definition) is 0. The van der Waals surface area contributed by atoms with Crippen molar-refractivity contribution in [2.24, 2.45) is 0 Å². The van der Waals surface area contributed by atoms with Crippen LogP contribution in [0.1, 0.15) is 22.3 Å². The SMILES string of the molecule is c1ccc(-c2ccc3ccc4ccc(-c5ccc(-c6nc7ccccc7c7c8c(ccc67)C6(c7ccccc7S8)c7ccccc7-c7ccccc76)cc5)nc4c3n2)cc1. The van der Waals surface area contributed by atoms with Gasteiger partial charge in [0.05, 0.1) is 39.0 Å². The Morgan fingerprint density at radius 3 is 1.62 bits per heavy atom. The summed E-state index contributed by atoms with van der Waals surface area (Å²) in [7, 11) is 0. The summed E-state index contributed by atoms with van der Waals surface area (Å²) >= 11 is 1.90. The van der Waals surface area contributed by atoms with E-state index in [9.17, 15) is 0 Å². The highest BCUT2D eigenvalue weighted by molar-refractivity contribution is 7.99. The van der Waals surface area contributed by atoms with E-state index in [1.165, 1.54) is 53.9 Å². The molecule has 1 aliphatic heterocycles. The molecule has 0 fully saturated rings. The standard InChI is InChI=1S/C56H33N3S/c1-2-12-34(13-3-1)47-32-28-37-26-27-38-29-33-48(58-54(38)53(37)57-47)35-22-24-36(25-23-35)52-42-30-31-46-55(51(42)41-16-6-10-20-49(41)59-52)60-50-21-11-9-19-45(50)56(46)43-17-7-4-14-39(43)40-15-5-8-18-44(40)56/h1-33H. The summed E-state index contributed by atoms with van der Waals surface area (Å²) < 4.78 is 0. The largest absolute Gasteiger partial charge is 0.247 e. The van der Waals surface area contributed by atoms with Crippen molar-refractivity contribution in [1.82, 2.24) is 15.0 Å². The van der Waals surface area contributed by atoms with Crippen molar-refractivity contribution in [3.8, 4) is 44.9 Å². The normalized spacial score (nSPS) is 13.4. The fourth-order valence-corrected chi connectivity index (χ4v) is 11.4. The number of para-hydroxylation sites is 1. The molecule has 0 saturated carbocycles. The van der Waals surface area contributed by atoms with E-state index in [0.29, 0.717) is 0 Å². The predicted molar refractivity (Wildman–Crippen MR) is 248 cm³/mol. The van der Waals surface area contributed by atoms with Gasteiger partial charge in [-0.25, -0.2) is 15.0 Å². The van der Waals surface area contributed by atoms with Crippen LogP contribution in [0, 0.1) is 0 Å². The van der Waals surface area contributed by atoms with Gasteiger partial charge in [-0.3, -0.25) is 0 Å². The lowest BCUT2D eigenvalue weighted by atomic mass is 9.67. The lowest BCUT2D eigenvalue weighted by Crippen LogP contribution is -2.32. The quantitative estimate of drug-likeness (QED) is 0.167. The Bertz CT molecular complexity index is 3530. The first-order valence-corrected chi connectivity index (χ1v) is 21.3. The van der Waals surface area contributed by atoms with Gasteiger partial charge in [0, 0.05) is 53.4 Å². The van der Waals surface area contributed by atoms with Crippen LogP contribution >= 0.6 is 11.8 Å². The Kier molecular flexibility index (Phi) is 7.16. The summed E-state index contributed by atoms with van der Waals surface area (Å²) in [6.45, 7) is 0. The van der Waals surface area contributed by atoms with E-state index < -0.39 is 5.41 Å². The summed E-state index contributed by atoms with van der Waals surface area (Å²) in [5.74, 6) is 0. The second-order valence-corrected chi connectivity index (χ2v) is 16.9. The highest BCUT2D eigenvalue weighted by Crippen LogP contribution is 2.63. The molecule has 8 aromatic carbocycles. The fraction of sp³-hybridized carbons (Fsp3) is 0.0179. The Labute approximate surface area is 351 Å². The monoisotopic (exact) mass is 779 g/mol. The Morgan fingerprint density at radius 2 is 0.917 bits per heavy atom. The van der Waals surface area contributed by atoms with E-state index in [2.05, 4.69) is 194 Å². The fourth-order valence-electron chi connectivity index (χ4n) is 10.1. The molecule has 1 spiro atoms. The highest BCUT2D eigenvalue weighted by Gasteiger charge is 2.50. The summed E-state index contributed by atoms with van der Waals surface area (Å²) in [5.41, 5.74) is 16.4. The van der Waals surface area contributed by atoms with Crippen LogP contribution in [0.3, 0.4) is 0 Å². The zero-order valence-electron chi connectivity index (χ0n) is 32.3. The smallest absolute Gasteiger partial charge is 0.0972 e. The first-order valence-electron chi connectivity index (χ1n) is 20.4. The molecule has 0 radical (unpaired) electrons. The van der Waals surface area contributed by atoms with Gasteiger partial charge in [0.25, 0.3) is 0 Å². The van der Waals surface area contributed by atoms with Crippen molar-refractivity contribution in [3.63, 3.8) is 0 Å². The molecule has 3 aromatic heterocycles. The molecule has 0 atom stereocenters. The summed E-state index contributed by atoms with van der Waals surface area (Å²) in [6.07, 6.45) is 0. The third-order valence-electron chi connectivity index (χ3n) is 12.7. The number of fused-ring (bicyclic) bond motifs is 16. The maximum Gasteiger partial charge on any atom is 0.0972 e. The number of rotatable bonds is 3. The average molecular weight is 780 g/mol. The number of pyridine rings is 3. The molecular formula is C56H33N3S. The van der Waals surface area contributed by atoms with Crippen LogP contribution in [0.5, 0.6) is 0 Å². The summed E-state index contributed by atoms with van der Waals surface area (Å²) in [5, 5.41) is 5.72. The van der Waals surface area contributed by atoms with E-state index in [0.717, 1.165) is 66.5 Å². The van der Waals surface area contributed by atoms with Crippen molar-refractivity contribution < 1.29 is 0 Å². The maximum absolute atomic E-state index is 5.41. The van der Waals surface area contributed by atoms with Crippen LogP contribution in [0.25, 0.3) is 88.4 Å². The van der Waals surface area contributed by atoms with Crippen molar-refractivity contribution in [3.05, 3.63) is 222 Å². The number of benzene rings is 8. The molecule has 13 rings (SSSR count). The third kappa shape index (κ3) is 4.71. The molecule has 0 bridgehead atoms. The summed E-state index contributed by atoms with van der Waals surface area (Å²) in [6, 6.07) is 72.4. The lowest BCUT2D eigenvalue weighted by Gasteiger charge is -2.40. The maximum atomic E-state index is 5.41. The Hall–Kier alpha value is -7.40. The molecule has 11 aromatic rings. The minimum Gasteiger partial charge on any atom is -0.247 e. The van der Waals surface area contributed by atoms with Crippen LogP contribution < -0.4 is 0 Å². The van der Waals surface area contributed by atoms with E-state index in [-0.39, 0.29) is 0 Å². The first-order chi connectivity index (χ1) is 29.7. The molecule has 4 heterocycles. The molecular weight excluding hydrogens is 747 g/mol. The topological polar surface area (TPSA) is 38.7 Å². The molecule has 278 valence electrons. The van der Waals surface area contributed by atoms with E-state index in [4.69, 9.17) is 15.0 Å². The van der Waals surface area contributed by atoms with Gasteiger partial charge in [-0.1, -0.05) is 188 Å². The second kappa shape index (κ2) is 12.8. The van der Waals surface area contributed by atoms with Crippen LogP contribution in [0.2, 0.25) is 0 Å². The van der Waals surface area contributed by atoms with Crippen molar-refractivity contribution in [2.75, 3.05) is 0 Å². The molecule has 0 N–H and O–H groups in total. The first kappa shape index (κ1) is 33.6.